The van der Waals surface area contributed by atoms with Crippen molar-refractivity contribution in [2.45, 2.75) is 12.6 Å². The molecule has 23 heavy (non-hydrogen) atoms. The van der Waals surface area contributed by atoms with E-state index in [1.54, 1.807) is 0 Å². The van der Waals surface area contributed by atoms with E-state index >= 15 is 0 Å². The Hall–Kier alpha value is -2.64. The first kappa shape index (κ1) is 18.4. The molecule has 0 saturated heterocycles. The number of anilines is 1. The number of hydrogen-bond donors (Lipinski definition) is 0. The molecule has 0 N–H and O–H groups in total. The fraction of sp³-hybridized carbons (Fsp3) is 0.333. The zero-order valence-electron chi connectivity index (χ0n) is 11.1. The molecule has 0 fully saturated rings. The van der Waals surface area contributed by atoms with Crippen LogP contribution in [0.1, 0.15) is 6.42 Å². The molecule has 0 saturated carbocycles. The first-order chi connectivity index (χ1) is 10.5. The highest BCUT2D eigenvalue weighted by Crippen LogP contribution is 2.25. The van der Waals surface area contributed by atoms with Crippen LogP contribution in [0.25, 0.3) is 0 Å². The lowest BCUT2D eigenvalue weighted by molar-refractivity contribution is -0.870. The smallest absolute Gasteiger partial charge is 0.244 e. The van der Waals surface area contributed by atoms with Crippen LogP contribution in [0, 0.1) is 20.2 Å². The summed E-state index contributed by atoms with van der Waals surface area (Å²) in [7, 11) is -5.47. The number of alkyl halides is 3. The van der Waals surface area contributed by atoms with Crippen LogP contribution >= 0.6 is 0 Å². The number of nitro groups is 2. The van der Waals surface area contributed by atoms with Gasteiger partial charge < -0.3 is 0 Å². The van der Waals surface area contributed by atoms with E-state index in [9.17, 15) is 41.8 Å². The standard InChI is InChI=1S/C9H9F3N4O6S/c10-9(11,12)6-7-13(8-4-2-1-3-5-8)23(21,22)14(15(17)18)16(19)20/h1-5H,6-7H2. The SMILES string of the molecule is O=[N+]([O-])N([N+](=O)[O-])S(=O)(=O)N(CCC(F)(F)F)c1ccccc1. The van der Waals surface area contributed by atoms with Crippen molar-refractivity contribution in [3.8, 4) is 0 Å². The summed E-state index contributed by atoms with van der Waals surface area (Å²) < 4.78 is 59.7. The van der Waals surface area contributed by atoms with E-state index < -0.39 is 43.9 Å². The second-order valence-electron chi connectivity index (χ2n) is 3.98. The Bertz CT molecular complexity index is 666. The van der Waals surface area contributed by atoms with Gasteiger partial charge in [-0.3, -0.25) is 0 Å². The summed E-state index contributed by atoms with van der Waals surface area (Å²) in [5, 5.41) is 17.5. The van der Waals surface area contributed by atoms with Crippen LogP contribution in [-0.4, -0.2) is 35.7 Å². The van der Waals surface area contributed by atoms with Gasteiger partial charge in [0.25, 0.3) is 0 Å². The molecular formula is C9H9F3N4O6S. The maximum Gasteiger partial charge on any atom is 0.441 e. The molecule has 0 heterocycles. The van der Waals surface area contributed by atoms with E-state index in [4.69, 9.17) is 0 Å². The number of benzene rings is 1. The third kappa shape index (κ3) is 4.67. The van der Waals surface area contributed by atoms with Gasteiger partial charge in [-0.1, -0.05) is 18.2 Å². The molecular weight excluding hydrogens is 349 g/mol. The molecule has 0 aliphatic heterocycles. The van der Waals surface area contributed by atoms with Crippen molar-refractivity contribution in [2.24, 2.45) is 0 Å². The van der Waals surface area contributed by atoms with Crippen LogP contribution in [0.5, 0.6) is 0 Å². The fourth-order valence-electron chi connectivity index (χ4n) is 1.52. The molecule has 0 aliphatic carbocycles. The zero-order chi connectivity index (χ0) is 17.8. The maximum atomic E-state index is 12.3. The molecule has 0 unspecified atom stereocenters. The predicted molar refractivity (Wildman–Crippen MR) is 69.2 cm³/mol. The Balaban J connectivity index is 3.32. The maximum absolute atomic E-state index is 12.3. The van der Waals surface area contributed by atoms with E-state index in [-0.39, 0.29) is 9.99 Å². The van der Waals surface area contributed by atoms with Crippen molar-refractivity contribution in [3.05, 3.63) is 50.6 Å². The van der Waals surface area contributed by atoms with E-state index in [1.807, 2.05) is 0 Å². The van der Waals surface area contributed by atoms with Gasteiger partial charge in [0.1, 0.15) is 0 Å². The molecule has 128 valence electrons. The highest BCUT2D eigenvalue weighted by Gasteiger charge is 2.49. The highest BCUT2D eigenvalue weighted by molar-refractivity contribution is 7.90. The summed E-state index contributed by atoms with van der Waals surface area (Å²) in [6, 6.07) is 6.02. The summed E-state index contributed by atoms with van der Waals surface area (Å²) in [4.78, 5) is 21.2. The number of nitrogens with zero attached hydrogens (tertiary/aromatic N) is 4. The molecule has 0 spiro atoms. The van der Waals surface area contributed by atoms with Crippen molar-refractivity contribution < 1.29 is 31.7 Å². The lowest BCUT2D eigenvalue weighted by Crippen LogP contribution is -2.50. The van der Waals surface area contributed by atoms with Crippen LogP contribution in [-0.2, 0) is 10.2 Å². The molecule has 0 bridgehead atoms. The Kier molecular flexibility index (Phi) is 5.31. The summed E-state index contributed by atoms with van der Waals surface area (Å²) in [5.41, 5.74) is -0.384. The minimum Gasteiger partial charge on any atom is -0.244 e. The van der Waals surface area contributed by atoms with Crippen molar-refractivity contribution in [1.29, 1.82) is 0 Å². The Morgan fingerprint density at radius 3 is 1.91 bits per heavy atom. The van der Waals surface area contributed by atoms with Crippen LogP contribution in [0.15, 0.2) is 30.3 Å². The average Bonchev–Trinajstić information content (AvgIpc) is 2.36. The lowest BCUT2D eigenvalue weighted by atomic mass is 10.3. The normalized spacial score (nSPS) is 11.8. The van der Waals surface area contributed by atoms with Crippen molar-refractivity contribution in [3.63, 3.8) is 0 Å². The van der Waals surface area contributed by atoms with Gasteiger partial charge >= 0.3 is 20.9 Å². The first-order valence-electron chi connectivity index (χ1n) is 5.70. The monoisotopic (exact) mass is 358 g/mol. The van der Waals surface area contributed by atoms with Gasteiger partial charge in [0.15, 0.2) is 0 Å². The highest BCUT2D eigenvalue weighted by atomic mass is 32.2. The van der Waals surface area contributed by atoms with Gasteiger partial charge in [-0.2, -0.15) is 21.6 Å². The zero-order valence-corrected chi connectivity index (χ0v) is 11.9. The van der Waals surface area contributed by atoms with Crippen molar-refractivity contribution in [2.75, 3.05) is 10.8 Å². The molecule has 0 aromatic heterocycles. The van der Waals surface area contributed by atoms with Crippen molar-refractivity contribution in [1.82, 2.24) is 4.52 Å². The lowest BCUT2D eigenvalue weighted by Gasteiger charge is -2.23. The molecule has 14 heteroatoms. The van der Waals surface area contributed by atoms with Gasteiger partial charge in [-0.25, -0.2) is 24.5 Å². The first-order valence-corrected chi connectivity index (χ1v) is 7.10. The van der Waals surface area contributed by atoms with Crippen LogP contribution < -0.4 is 4.31 Å². The molecule has 0 aliphatic rings. The molecule has 1 aromatic carbocycles. The quantitative estimate of drug-likeness (QED) is 0.535. The van der Waals surface area contributed by atoms with Gasteiger partial charge in [-0.15, -0.1) is 0 Å². The fourth-order valence-corrected chi connectivity index (χ4v) is 2.74. The number of rotatable bonds is 7. The predicted octanol–water partition coefficient (Wildman–Crippen LogP) is 1.38. The van der Waals surface area contributed by atoms with E-state index in [2.05, 4.69) is 0 Å². The summed E-state index contributed by atoms with van der Waals surface area (Å²) in [6.07, 6.45) is -6.42. The van der Waals surface area contributed by atoms with Gasteiger partial charge in [0.2, 0.25) is 10.1 Å². The van der Waals surface area contributed by atoms with Crippen molar-refractivity contribution >= 4 is 15.9 Å². The number of hydrogen-bond acceptors (Lipinski definition) is 6. The van der Waals surface area contributed by atoms with E-state index in [1.165, 1.54) is 18.2 Å². The third-order valence-corrected chi connectivity index (χ3v) is 4.04. The second-order valence-corrected chi connectivity index (χ2v) is 5.64. The Morgan fingerprint density at radius 2 is 1.52 bits per heavy atom. The third-order valence-electron chi connectivity index (χ3n) is 2.41. The number of halogens is 3. The minimum atomic E-state index is -5.47. The second kappa shape index (κ2) is 6.64. The molecule has 1 aromatic rings. The van der Waals surface area contributed by atoms with Gasteiger partial charge in [0, 0.05) is 6.54 Å². The number of para-hydroxylation sites is 1. The molecule has 0 atom stereocenters. The largest absolute Gasteiger partial charge is 0.441 e. The molecule has 0 radical (unpaired) electrons. The van der Waals surface area contributed by atoms with Gasteiger partial charge in [0.05, 0.1) is 12.1 Å². The van der Waals surface area contributed by atoms with E-state index in [0.29, 0.717) is 0 Å². The molecule has 0 amide bonds. The summed E-state index contributed by atoms with van der Waals surface area (Å²) in [5.74, 6) is 0. The number of hydrazine groups is 2. The van der Waals surface area contributed by atoms with Crippen LogP contribution in [0.4, 0.5) is 18.9 Å². The molecule has 10 nitrogen and oxygen atoms in total. The van der Waals surface area contributed by atoms with Gasteiger partial charge in [-0.05, 0) is 12.1 Å². The minimum absolute atomic E-state index is 0.0495. The average molecular weight is 358 g/mol. The van der Waals surface area contributed by atoms with Crippen LogP contribution in [0.2, 0.25) is 0 Å². The topological polar surface area (TPSA) is 127 Å². The van der Waals surface area contributed by atoms with Crippen LogP contribution in [0.3, 0.4) is 0 Å². The van der Waals surface area contributed by atoms with E-state index in [0.717, 1.165) is 12.1 Å². The Labute approximate surface area is 127 Å². The Morgan fingerprint density at radius 1 is 1.04 bits per heavy atom. The summed E-state index contributed by atoms with van der Waals surface area (Å²) >= 11 is 0. The molecule has 1 rings (SSSR count). The summed E-state index contributed by atoms with van der Waals surface area (Å²) in [6.45, 7) is -1.26.